The summed E-state index contributed by atoms with van der Waals surface area (Å²) in [5.74, 6) is 0.320. The molecule has 0 saturated carbocycles. The van der Waals surface area contributed by atoms with E-state index in [1.807, 2.05) is 20.8 Å². The molecule has 0 radical (unpaired) electrons. The maximum absolute atomic E-state index is 11.9. The van der Waals surface area contributed by atoms with Crippen molar-refractivity contribution in [3.63, 3.8) is 0 Å². The van der Waals surface area contributed by atoms with Crippen LogP contribution < -0.4 is 0 Å². The molecule has 102 valence electrons. The SMILES string of the molecule is COC(=O)c1c(C(C)(C)C)noc1C[Si](C)(C)C. The van der Waals surface area contributed by atoms with E-state index < -0.39 is 8.07 Å². The normalized spacial score (nSPS) is 12.6. The standard InChI is InChI=1S/C13H23NO3Si/c1-13(2,3)11-10(12(15)16-4)9(17-14-11)8-18(5,6)7/h8H2,1-7H3. The van der Waals surface area contributed by atoms with Crippen LogP contribution in [0.15, 0.2) is 4.52 Å². The predicted molar refractivity (Wildman–Crippen MR) is 73.6 cm³/mol. The van der Waals surface area contributed by atoms with Crippen LogP contribution in [0.25, 0.3) is 0 Å². The zero-order valence-electron chi connectivity index (χ0n) is 12.4. The number of carbonyl (C=O) groups excluding carboxylic acids is 1. The number of esters is 1. The number of aromatic nitrogens is 1. The minimum atomic E-state index is -1.38. The molecular weight excluding hydrogens is 246 g/mol. The Hall–Kier alpha value is -1.10. The van der Waals surface area contributed by atoms with Gasteiger partial charge in [0.05, 0.1) is 15.2 Å². The van der Waals surface area contributed by atoms with Gasteiger partial charge in [-0.1, -0.05) is 45.6 Å². The van der Waals surface area contributed by atoms with Gasteiger partial charge in [0.15, 0.2) is 0 Å². The van der Waals surface area contributed by atoms with E-state index in [9.17, 15) is 4.79 Å². The van der Waals surface area contributed by atoms with E-state index in [1.54, 1.807) is 0 Å². The fourth-order valence-electron chi connectivity index (χ4n) is 1.75. The van der Waals surface area contributed by atoms with Crippen molar-refractivity contribution in [1.82, 2.24) is 5.16 Å². The predicted octanol–water partition coefficient (Wildman–Crippen LogP) is 3.18. The molecule has 0 saturated heterocycles. The van der Waals surface area contributed by atoms with Crippen LogP contribution in [-0.4, -0.2) is 26.3 Å². The van der Waals surface area contributed by atoms with Crippen molar-refractivity contribution in [2.75, 3.05) is 7.11 Å². The molecule has 1 aromatic heterocycles. The van der Waals surface area contributed by atoms with Gasteiger partial charge in [0.2, 0.25) is 0 Å². The molecule has 1 heterocycles. The molecule has 1 aromatic rings. The van der Waals surface area contributed by atoms with Gasteiger partial charge in [0.1, 0.15) is 17.0 Å². The smallest absolute Gasteiger partial charge is 0.343 e. The molecule has 4 nitrogen and oxygen atoms in total. The van der Waals surface area contributed by atoms with Crippen molar-refractivity contribution in [3.05, 3.63) is 17.0 Å². The van der Waals surface area contributed by atoms with Crippen LogP contribution >= 0.6 is 0 Å². The molecule has 0 unspecified atom stereocenters. The van der Waals surface area contributed by atoms with Crippen LogP contribution in [-0.2, 0) is 16.2 Å². The lowest BCUT2D eigenvalue weighted by molar-refractivity contribution is 0.0596. The summed E-state index contributed by atoms with van der Waals surface area (Å²) in [6.07, 6.45) is 0. The van der Waals surface area contributed by atoms with Gasteiger partial charge in [-0.05, 0) is 0 Å². The van der Waals surface area contributed by atoms with Crippen LogP contribution in [0.5, 0.6) is 0 Å². The van der Waals surface area contributed by atoms with E-state index in [0.717, 1.165) is 6.04 Å². The Labute approximate surface area is 110 Å². The summed E-state index contributed by atoms with van der Waals surface area (Å²) < 4.78 is 10.3. The van der Waals surface area contributed by atoms with Gasteiger partial charge in [0.25, 0.3) is 0 Å². The molecule has 0 bridgehead atoms. The van der Waals surface area contributed by atoms with E-state index in [2.05, 4.69) is 24.8 Å². The lowest BCUT2D eigenvalue weighted by Gasteiger charge is -2.17. The summed E-state index contributed by atoms with van der Waals surface area (Å²) in [5, 5.41) is 4.09. The maximum Gasteiger partial charge on any atom is 0.343 e. The quantitative estimate of drug-likeness (QED) is 0.624. The largest absolute Gasteiger partial charge is 0.465 e. The van der Waals surface area contributed by atoms with Crippen molar-refractivity contribution in [2.45, 2.75) is 51.9 Å². The molecule has 0 aliphatic rings. The lowest BCUT2D eigenvalue weighted by atomic mass is 9.89. The number of ether oxygens (including phenoxy) is 1. The first-order valence-electron chi connectivity index (χ1n) is 6.13. The second-order valence-corrected chi connectivity index (χ2v) is 12.3. The third kappa shape index (κ3) is 3.45. The molecule has 0 atom stereocenters. The molecule has 0 N–H and O–H groups in total. The number of hydrogen-bond donors (Lipinski definition) is 0. The minimum absolute atomic E-state index is 0.231. The highest BCUT2D eigenvalue weighted by atomic mass is 28.3. The third-order valence-electron chi connectivity index (χ3n) is 2.55. The fourth-order valence-corrected chi connectivity index (χ4v) is 2.96. The van der Waals surface area contributed by atoms with Crippen molar-refractivity contribution < 1.29 is 14.1 Å². The van der Waals surface area contributed by atoms with E-state index in [-0.39, 0.29) is 11.4 Å². The van der Waals surface area contributed by atoms with Gasteiger partial charge in [-0.3, -0.25) is 0 Å². The third-order valence-corrected chi connectivity index (χ3v) is 3.94. The van der Waals surface area contributed by atoms with Crippen LogP contribution in [0.1, 0.15) is 42.6 Å². The van der Waals surface area contributed by atoms with Crippen LogP contribution in [0.3, 0.4) is 0 Å². The van der Waals surface area contributed by atoms with Gasteiger partial charge in [-0.25, -0.2) is 4.79 Å². The highest BCUT2D eigenvalue weighted by Gasteiger charge is 2.32. The Bertz CT molecular complexity index is 438. The fraction of sp³-hybridized carbons (Fsp3) is 0.692. The first-order chi connectivity index (χ1) is 8.06. The average molecular weight is 269 g/mol. The first-order valence-corrected chi connectivity index (χ1v) is 9.84. The summed E-state index contributed by atoms with van der Waals surface area (Å²) in [4.78, 5) is 11.9. The summed E-state index contributed by atoms with van der Waals surface area (Å²) in [7, 11) is 0.0136. The van der Waals surface area contributed by atoms with Crippen LogP contribution in [0.2, 0.25) is 19.6 Å². The van der Waals surface area contributed by atoms with Gasteiger partial charge < -0.3 is 9.26 Å². The highest BCUT2D eigenvalue weighted by Crippen LogP contribution is 2.29. The summed E-state index contributed by atoms with van der Waals surface area (Å²) in [5.41, 5.74) is 0.972. The van der Waals surface area contributed by atoms with E-state index >= 15 is 0 Å². The van der Waals surface area contributed by atoms with Crippen molar-refractivity contribution >= 4 is 14.0 Å². The van der Waals surface area contributed by atoms with E-state index in [0.29, 0.717) is 17.0 Å². The minimum Gasteiger partial charge on any atom is -0.465 e. The van der Waals surface area contributed by atoms with E-state index in [1.165, 1.54) is 7.11 Å². The average Bonchev–Trinajstić information content (AvgIpc) is 2.57. The molecule has 0 amide bonds. The molecular formula is C13H23NO3Si. The second kappa shape index (κ2) is 4.88. The molecule has 0 fully saturated rings. The monoisotopic (exact) mass is 269 g/mol. The molecule has 1 rings (SSSR count). The zero-order valence-corrected chi connectivity index (χ0v) is 13.4. The number of carbonyl (C=O) groups is 1. The van der Waals surface area contributed by atoms with Gasteiger partial charge in [-0.15, -0.1) is 0 Å². The summed E-state index contributed by atoms with van der Waals surface area (Å²) in [6.45, 7) is 12.7. The Morgan fingerprint density at radius 2 is 1.89 bits per heavy atom. The molecule has 0 aliphatic heterocycles. The number of hydrogen-bond acceptors (Lipinski definition) is 4. The topological polar surface area (TPSA) is 52.3 Å². The Balaban J connectivity index is 3.29. The van der Waals surface area contributed by atoms with Crippen molar-refractivity contribution in [1.29, 1.82) is 0 Å². The molecule has 5 heteroatoms. The van der Waals surface area contributed by atoms with Crippen molar-refractivity contribution in [3.8, 4) is 0 Å². The molecule has 0 spiro atoms. The zero-order chi connectivity index (χ0) is 14.1. The first kappa shape index (κ1) is 15.0. The Kier molecular flexibility index (Phi) is 4.05. The highest BCUT2D eigenvalue weighted by molar-refractivity contribution is 6.75. The van der Waals surface area contributed by atoms with Crippen LogP contribution in [0, 0.1) is 0 Å². The number of nitrogens with zero attached hydrogens (tertiary/aromatic N) is 1. The van der Waals surface area contributed by atoms with Crippen molar-refractivity contribution in [2.24, 2.45) is 0 Å². The van der Waals surface area contributed by atoms with E-state index in [4.69, 9.17) is 9.26 Å². The number of rotatable bonds is 3. The van der Waals surface area contributed by atoms with Crippen LogP contribution in [0.4, 0.5) is 0 Å². The Morgan fingerprint density at radius 1 is 1.33 bits per heavy atom. The summed E-state index contributed by atoms with van der Waals surface area (Å²) in [6, 6.07) is 0.792. The summed E-state index contributed by atoms with van der Waals surface area (Å²) >= 11 is 0. The molecule has 0 aromatic carbocycles. The second-order valence-electron chi connectivity index (χ2n) is 6.81. The Morgan fingerprint density at radius 3 is 2.28 bits per heavy atom. The van der Waals surface area contributed by atoms with Gasteiger partial charge >= 0.3 is 5.97 Å². The lowest BCUT2D eigenvalue weighted by Crippen LogP contribution is -2.25. The molecule has 18 heavy (non-hydrogen) atoms. The van der Waals surface area contributed by atoms with Gasteiger partial charge in [-0.2, -0.15) is 0 Å². The maximum atomic E-state index is 11.9. The molecule has 0 aliphatic carbocycles. The van der Waals surface area contributed by atoms with Gasteiger partial charge in [0, 0.05) is 11.5 Å². The number of methoxy groups -OCH3 is 1.